The van der Waals surface area contributed by atoms with Gasteiger partial charge in [-0.1, -0.05) is 6.07 Å². The van der Waals surface area contributed by atoms with Crippen molar-refractivity contribution >= 4 is 22.6 Å². The molecule has 0 fully saturated rings. The van der Waals surface area contributed by atoms with Crippen molar-refractivity contribution in [3.8, 4) is 0 Å². The lowest BCUT2D eigenvalue weighted by atomic mass is 10.2. The van der Waals surface area contributed by atoms with E-state index in [0.29, 0.717) is 5.88 Å². The molecule has 0 unspecified atom stereocenters. The maximum absolute atomic E-state index is 5.98. The summed E-state index contributed by atoms with van der Waals surface area (Å²) in [5.74, 6) is 1.30. The smallest absolute Gasteiger partial charge is 0.125 e. The summed E-state index contributed by atoms with van der Waals surface area (Å²) in [7, 11) is 0. The van der Waals surface area contributed by atoms with Gasteiger partial charge in [0.1, 0.15) is 5.82 Å². The van der Waals surface area contributed by atoms with Crippen LogP contribution in [0.15, 0.2) is 41.2 Å². The van der Waals surface area contributed by atoms with Crippen molar-refractivity contribution in [3.63, 3.8) is 0 Å². The predicted molar refractivity (Wildman–Crippen MR) is 71.8 cm³/mol. The Morgan fingerprint density at radius 3 is 2.94 bits per heavy atom. The first-order chi connectivity index (χ1) is 8.78. The molecule has 0 aliphatic heterocycles. The van der Waals surface area contributed by atoms with Crippen molar-refractivity contribution in [3.05, 3.63) is 53.7 Å². The third kappa shape index (κ3) is 1.91. The summed E-state index contributed by atoms with van der Waals surface area (Å²) in [5.41, 5.74) is 4.44. The second-order valence-corrected chi connectivity index (χ2v) is 4.64. The average molecular weight is 261 g/mol. The van der Waals surface area contributed by atoms with Gasteiger partial charge in [-0.25, -0.2) is 4.98 Å². The molecule has 0 aliphatic rings. The van der Waals surface area contributed by atoms with Crippen LogP contribution in [0.25, 0.3) is 11.0 Å². The van der Waals surface area contributed by atoms with E-state index in [1.165, 1.54) is 5.56 Å². The SMILES string of the molecule is Cc1ccc2nc(CCl)n(Cc3ccoc3)c2c1. The average Bonchev–Trinajstić information content (AvgIpc) is 2.98. The molecule has 0 bridgehead atoms. The van der Waals surface area contributed by atoms with Gasteiger partial charge < -0.3 is 8.98 Å². The third-order valence-corrected chi connectivity index (χ3v) is 3.26. The van der Waals surface area contributed by atoms with E-state index in [1.807, 2.05) is 12.1 Å². The lowest BCUT2D eigenvalue weighted by Crippen LogP contribution is -2.03. The summed E-state index contributed by atoms with van der Waals surface area (Å²) in [6.45, 7) is 2.81. The quantitative estimate of drug-likeness (QED) is 0.672. The molecular formula is C14H13ClN2O. The number of furan rings is 1. The van der Waals surface area contributed by atoms with Crippen LogP contribution in [0.3, 0.4) is 0 Å². The lowest BCUT2D eigenvalue weighted by molar-refractivity contribution is 0.562. The van der Waals surface area contributed by atoms with Crippen LogP contribution >= 0.6 is 11.6 Å². The zero-order valence-electron chi connectivity index (χ0n) is 10.1. The van der Waals surface area contributed by atoms with Crippen LogP contribution < -0.4 is 0 Å². The maximum Gasteiger partial charge on any atom is 0.125 e. The molecule has 3 nitrogen and oxygen atoms in total. The minimum Gasteiger partial charge on any atom is -0.472 e. The Balaban J connectivity index is 2.15. The number of hydrogen-bond acceptors (Lipinski definition) is 2. The molecule has 3 aromatic rings. The Morgan fingerprint density at radius 2 is 2.22 bits per heavy atom. The molecule has 3 rings (SSSR count). The van der Waals surface area contributed by atoms with Crippen molar-refractivity contribution < 1.29 is 4.42 Å². The molecule has 2 heterocycles. The molecule has 0 N–H and O–H groups in total. The highest BCUT2D eigenvalue weighted by Crippen LogP contribution is 2.20. The van der Waals surface area contributed by atoms with Crippen LogP contribution in [0.1, 0.15) is 17.0 Å². The number of nitrogens with zero attached hydrogens (tertiary/aromatic N) is 2. The van der Waals surface area contributed by atoms with Crippen molar-refractivity contribution in [2.45, 2.75) is 19.3 Å². The van der Waals surface area contributed by atoms with E-state index in [0.717, 1.165) is 29.0 Å². The summed E-state index contributed by atoms with van der Waals surface area (Å²) in [6.07, 6.45) is 3.43. The fraction of sp³-hybridized carbons (Fsp3) is 0.214. The van der Waals surface area contributed by atoms with Gasteiger partial charge in [-0.2, -0.15) is 0 Å². The Hall–Kier alpha value is -1.74. The van der Waals surface area contributed by atoms with Crippen LogP contribution in [0, 0.1) is 6.92 Å². The minimum absolute atomic E-state index is 0.408. The number of hydrogen-bond donors (Lipinski definition) is 0. The van der Waals surface area contributed by atoms with Gasteiger partial charge in [-0.3, -0.25) is 0 Å². The maximum atomic E-state index is 5.98. The van der Waals surface area contributed by atoms with Gasteiger partial charge >= 0.3 is 0 Å². The summed E-state index contributed by atoms with van der Waals surface area (Å²) < 4.78 is 7.24. The summed E-state index contributed by atoms with van der Waals surface area (Å²) in [5, 5.41) is 0. The number of benzene rings is 1. The molecule has 92 valence electrons. The van der Waals surface area contributed by atoms with Crippen molar-refractivity contribution in [1.29, 1.82) is 0 Å². The molecule has 0 saturated heterocycles. The van der Waals surface area contributed by atoms with Crippen molar-refractivity contribution in [1.82, 2.24) is 9.55 Å². The molecule has 4 heteroatoms. The van der Waals surface area contributed by atoms with E-state index in [-0.39, 0.29) is 0 Å². The Bertz CT molecular complexity index is 670. The standard InChI is InChI=1S/C14H13ClN2O/c1-10-2-3-12-13(6-10)17(14(7-15)16-12)8-11-4-5-18-9-11/h2-6,9H,7-8H2,1H3. The van der Waals surface area contributed by atoms with Crippen LogP contribution in [-0.4, -0.2) is 9.55 Å². The first-order valence-electron chi connectivity index (χ1n) is 5.81. The molecule has 0 atom stereocenters. The third-order valence-electron chi connectivity index (χ3n) is 3.02. The van der Waals surface area contributed by atoms with Crippen LogP contribution in [0.4, 0.5) is 0 Å². The van der Waals surface area contributed by atoms with E-state index >= 15 is 0 Å². The second kappa shape index (κ2) is 4.50. The molecular weight excluding hydrogens is 248 g/mol. The van der Waals surface area contributed by atoms with Crippen LogP contribution in [0.5, 0.6) is 0 Å². The number of aromatic nitrogens is 2. The number of fused-ring (bicyclic) bond motifs is 1. The Kier molecular flexibility index (Phi) is 2.84. The largest absolute Gasteiger partial charge is 0.472 e. The second-order valence-electron chi connectivity index (χ2n) is 4.37. The summed E-state index contributed by atoms with van der Waals surface area (Å²) >= 11 is 5.98. The van der Waals surface area contributed by atoms with Gasteiger partial charge in [0.05, 0.1) is 36.0 Å². The molecule has 0 spiro atoms. The number of imidazole rings is 1. The zero-order valence-corrected chi connectivity index (χ0v) is 10.8. The molecule has 0 radical (unpaired) electrons. The fourth-order valence-corrected chi connectivity index (χ4v) is 2.33. The van der Waals surface area contributed by atoms with E-state index in [1.54, 1.807) is 12.5 Å². The minimum atomic E-state index is 0.408. The number of halogens is 1. The number of aryl methyl sites for hydroxylation is 1. The molecule has 0 aliphatic carbocycles. The van der Waals surface area contributed by atoms with Gasteiger partial charge in [0.25, 0.3) is 0 Å². The molecule has 0 amide bonds. The summed E-state index contributed by atoms with van der Waals surface area (Å²) in [6, 6.07) is 8.19. The zero-order chi connectivity index (χ0) is 12.5. The van der Waals surface area contributed by atoms with Crippen LogP contribution in [0.2, 0.25) is 0 Å². The Morgan fingerprint density at radius 1 is 1.33 bits per heavy atom. The normalized spacial score (nSPS) is 11.2. The van der Waals surface area contributed by atoms with Gasteiger partial charge in [-0.05, 0) is 30.7 Å². The molecule has 1 aromatic carbocycles. The molecule has 18 heavy (non-hydrogen) atoms. The highest BCUT2D eigenvalue weighted by atomic mass is 35.5. The predicted octanol–water partition coefficient (Wildman–Crippen LogP) is 3.72. The van der Waals surface area contributed by atoms with E-state index in [9.17, 15) is 0 Å². The highest BCUT2D eigenvalue weighted by molar-refractivity contribution is 6.16. The lowest BCUT2D eigenvalue weighted by Gasteiger charge is -2.06. The topological polar surface area (TPSA) is 31.0 Å². The molecule has 0 saturated carbocycles. The van der Waals surface area contributed by atoms with Crippen molar-refractivity contribution in [2.24, 2.45) is 0 Å². The monoisotopic (exact) mass is 260 g/mol. The molecule has 2 aromatic heterocycles. The highest BCUT2D eigenvalue weighted by Gasteiger charge is 2.10. The van der Waals surface area contributed by atoms with Crippen LogP contribution in [-0.2, 0) is 12.4 Å². The number of rotatable bonds is 3. The van der Waals surface area contributed by atoms with E-state index in [2.05, 4.69) is 28.6 Å². The Labute approximate surface area is 110 Å². The van der Waals surface area contributed by atoms with E-state index in [4.69, 9.17) is 16.0 Å². The fourth-order valence-electron chi connectivity index (χ4n) is 2.13. The summed E-state index contributed by atoms with van der Waals surface area (Å²) in [4.78, 5) is 4.55. The van der Waals surface area contributed by atoms with Gasteiger partial charge in [0.15, 0.2) is 0 Å². The number of alkyl halides is 1. The van der Waals surface area contributed by atoms with Crippen molar-refractivity contribution in [2.75, 3.05) is 0 Å². The van der Waals surface area contributed by atoms with Gasteiger partial charge in [-0.15, -0.1) is 11.6 Å². The van der Waals surface area contributed by atoms with Gasteiger partial charge in [0.2, 0.25) is 0 Å². The van der Waals surface area contributed by atoms with E-state index < -0.39 is 0 Å². The first kappa shape index (κ1) is 11.4. The first-order valence-corrected chi connectivity index (χ1v) is 6.34. The van der Waals surface area contributed by atoms with Gasteiger partial charge in [0, 0.05) is 5.56 Å².